The van der Waals surface area contributed by atoms with Crippen molar-refractivity contribution < 1.29 is 14.1 Å². The normalized spacial score (nSPS) is 13.3. The predicted molar refractivity (Wildman–Crippen MR) is 88.1 cm³/mol. The number of aromatic nitrogens is 1. The van der Waals surface area contributed by atoms with Crippen molar-refractivity contribution in [3.05, 3.63) is 59.4 Å². The standard InChI is InChI=1S/C19H22N2O2/c1-23-18-9-5-4-7-16(18)12-20-19(22)14-21-11-10-15-6-2-3-8-17(15)13-21/h4-5,7,9-11,13H,2-3,6,8,12,14H2,1H3/p+1. The minimum absolute atomic E-state index is 0.0108. The van der Waals surface area contributed by atoms with E-state index in [-0.39, 0.29) is 5.91 Å². The topological polar surface area (TPSA) is 42.2 Å². The van der Waals surface area contributed by atoms with E-state index in [9.17, 15) is 4.79 Å². The van der Waals surface area contributed by atoms with Crippen molar-refractivity contribution in [2.75, 3.05) is 7.11 Å². The summed E-state index contributed by atoms with van der Waals surface area (Å²) in [5.74, 6) is 0.811. The van der Waals surface area contributed by atoms with Crippen LogP contribution in [0.3, 0.4) is 0 Å². The van der Waals surface area contributed by atoms with E-state index < -0.39 is 0 Å². The molecule has 23 heavy (non-hydrogen) atoms. The molecule has 1 aliphatic carbocycles. The van der Waals surface area contributed by atoms with Gasteiger partial charge in [0.25, 0.3) is 5.91 Å². The Hall–Kier alpha value is -2.36. The van der Waals surface area contributed by atoms with Gasteiger partial charge in [-0.15, -0.1) is 0 Å². The monoisotopic (exact) mass is 311 g/mol. The molecule has 4 nitrogen and oxygen atoms in total. The summed E-state index contributed by atoms with van der Waals surface area (Å²) in [6, 6.07) is 9.89. The maximum absolute atomic E-state index is 12.2. The summed E-state index contributed by atoms with van der Waals surface area (Å²) >= 11 is 0. The fourth-order valence-corrected chi connectivity index (χ4v) is 3.08. The molecule has 120 valence electrons. The van der Waals surface area contributed by atoms with E-state index in [1.54, 1.807) is 7.11 Å². The number of carbonyl (C=O) groups excluding carboxylic acids is 1. The molecule has 1 amide bonds. The molecule has 0 atom stereocenters. The van der Waals surface area contributed by atoms with Crippen LogP contribution in [0.4, 0.5) is 0 Å². The van der Waals surface area contributed by atoms with Crippen LogP contribution >= 0.6 is 0 Å². The molecule has 0 saturated carbocycles. The third kappa shape index (κ3) is 3.89. The van der Waals surface area contributed by atoms with Gasteiger partial charge in [0.2, 0.25) is 6.54 Å². The average Bonchev–Trinajstić information content (AvgIpc) is 2.60. The number of hydrogen-bond donors (Lipinski definition) is 1. The number of nitrogens with one attached hydrogen (secondary N) is 1. The van der Waals surface area contributed by atoms with Gasteiger partial charge in [0, 0.05) is 23.7 Å². The number of nitrogens with zero attached hydrogens (tertiary/aromatic N) is 1. The van der Waals surface area contributed by atoms with Gasteiger partial charge in [-0.3, -0.25) is 4.79 Å². The fourth-order valence-electron chi connectivity index (χ4n) is 3.08. The van der Waals surface area contributed by atoms with E-state index in [2.05, 4.69) is 17.6 Å². The molecule has 0 unspecified atom stereocenters. The number of benzene rings is 1. The van der Waals surface area contributed by atoms with Crippen molar-refractivity contribution in [2.24, 2.45) is 0 Å². The van der Waals surface area contributed by atoms with E-state index in [4.69, 9.17) is 4.74 Å². The van der Waals surface area contributed by atoms with Gasteiger partial charge in [0.15, 0.2) is 12.4 Å². The predicted octanol–water partition coefficient (Wildman–Crippen LogP) is 2.18. The van der Waals surface area contributed by atoms with Crippen LogP contribution in [0.15, 0.2) is 42.7 Å². The lowest BCUT2D eigenvalue weighted by atomic mass is 9.93. The first kappa shape index (κ1) is 15.5. The van der Waals surface area contributed by atoms with Crippen molar-refractivity contribution in [1.29, 1.82) is 0 Å². The molecule has 1 N–H and O–H groups in total. The Morgan fingerprint density at radius 3 is 2.78 bits per heavy atom. The number of fused-ring (bicyclic) bond motifs is 1. The lowest BCUT2D eigenvalue weighted by Gasteiger charge is -2.13. The number of ether oxygens (including phenoxy) is 1. The van der Waals surface area contributed by atoms with Crippen molar-refractivity contribution in [1.82, 2.24) is 5.32 Å². The molecule has 1 aromatic heterocycles. The Balaban J connectivity index is 1.59. The van der Waals surface area contributed by atoms with Gasteiger partial charge in [0.1, 0.15) is 5.75 Å². The minimum atomic E-state index is 0.0108. The molecule has 1 heterocycles. The van der Waals surface area contributed by atoms with E-state index in [0.29, 0.717) is 13.1 Å². The Morgan fingerprint density at radius 2 is 1.96 bits per heavy atom. The first-order chi connectivity index (χ1) is 11.3. The summed E-state index contributed by atoms with van der Waals surface area (Å²) in [6.07, 6.45) is 8.94. The number of amides is 1. The summed E-state index contributed by atoms with van der Waals surface area (Å²) in [5.41, 5.74) is 3.80. The van der Waals surface area contributed by atoms with Crippen molar-refractivity contribution in [3.8, 4) is 5.75 Å². The van der Waals surface area contributed by atoms with Gasteiger partial charge < -0.3 is 10.1 Å². The first-order valence-corrected chi connectivity index (χ1v) is 8.15. The average molecular weight is 311 g/mol. The summed E-state index contributed by atoms with van der Waals surface area (Å²) in [5, 5.41) is 2.96. The highest BCUT2D eigenvalue weighted by Gasteiger charge is 2.15. The highest BCUT2D eigenvalue weighted by molar-refractivity contribution is 5.74. The highest BCUT2D eigenvalue weighted by atomic mass is 16.5. The third-order valence-electron chi connectivity index (χ3n) is 4.34. The third-order valence-corrected chi connectivity index (χ3v) is 4.34. The zero-order valence-electron chi connectivity index (χ0n) is 13.5. The van der Waals surface area contributed by atoms with Gasteiger partial charge in [-0.1, -0.05) is 18.2 Å². The second-order valence-electron chi connectivity index (χ2n) is 5.96. The Labute approximate surface area is 137 Å². The lowest BCUT2D eigenvalue weighted by molar-refractivity contribution is -0.685. The van der Waals surface area contributed by atoms with Gasteiger partial charge >= 0.3 is 0 Å². The Bertz CT molecular complexity index is 698. The molecular formula is C19H23N2O2+. The molecular weight excluding hydrogens is 288 g/mol. The maximum Gasteiger partial charge on any atom is 0.286 e. The van der Waals surface area contributed by atoms with Crippen LogP contribution in [0.25, 0.3) is 0 Å². The van der Waals surface area contributed by atoms with E-state index in [0.717, 1.165) is 24.2 Å². The second kappa shape index (κ2) is 7.27. The molecule has 0 fully saturated rings. The molecule has 0 saturated heterocycles. The molecule has 1 aromatic carbocycles. The number of rotatable bonds is 5. The van der Waals surface area contributed by atoms with Crippen molar-refractivity contribution in [2.45, 2.75) is 38.8 Å². The molecule has 1 aliphatic rings. The van der Waals surface area contributed by atoms with Gasteiger partial charge in [-0.25, -0.2) is 0 Å². The smallest absolute Gasteiger partial charge is 0.286 e. The van der Waals surface area contributed by atoms with Crippen LogP contribution < -0.4 is 14.6 Å². The van der Waals surface area contributed by atoms with Crippen molar-refractivity contribution >= 4 is 5.91 Å². The molecule has 0 bridgehead atoms. The van der Waals surface area contributed by atoms with Gasteiger partial charge in [-0.2, -0.15) is 4.57 Å². The number of hydrogen-bond acceptors (Lipinski definition) is 2. The maximum atomic E-state index is 12.2. The number of methoxy groups -OCH3 is 1. The summed E-state index contributed by atoms with van der Waals surface area (Å²) < 4.78 is 7.28. The van der Waals surface area contributed by atoms with E-state index >= 15 is 0 Å². The van der Waals surface area contributed by atoms with Crippen LogP contribution in [0.5, 0.6) is 5.75 Å². The largest absolute Gasteiger partial charge is 0.496 e. The fraction of sp³-hybridized carbons (Fsp3) is 0.368. The van der Waals surface area contributed by atoms with Crippen LogP contribution in [0.1, 0.15) is 29.5 Å². The highest BCUT2D eigenvalue weighted by Crippen LogP contribution is 2.19. The van der Waals surface area contributed by atoms with Gasteiger partial charge in [-0.05, 0) is 37.3 Å². The number of carbonyl (C=O) groups is 1. The Kier molecular flexibility index (Phi) is 4.91. The minimum Gasteiger partial charge on any atom is -0.496 e. The molecule has 0 aliphatic heterocycles. The molecule has 0 spiro atoms. The number of pyridine rings is 1. The Morgan fingerprint density at radius 1 is 1.17 bits per heavy atom. The summed E-state index contributed by atoms with van der Waals surface area (Å²) in [4.78, 5) is 12.2. The molecule has 3 rings (SSSR count). The lowest BCUT2D eigenvalue weighted by Crippen LogP contribution is -2.43. The van der Waals surface area contributed by atoms with Crippen LogP contribution in [0, 0.1) is 0 Å². The summed E-state index contributed by atoms with van der Waals surface area (Å²) in [7, 11) is 1.64. The zero-order valence-corrected chi connectivity index (χ0v) is 13.5. The first-order valence-electron chi connectivity index (χ1n) is 8.15. The molecule has 2 aromatic rings. The van der Waals surface area contributed by atoms with Crippen LogP contribution in [-0.4, -0.2) is 13.0 Å². The van der Waals surface area contributed by atoms with E-state index in [1.807, 2.05) is 35.0 Å². The van der Waals surface area contributed by atoms with Crippen molar-refractivity contribution in [3.63, 3.8) is 0 Å². The zero-order chi connectivity index (χ0) is 16.1. The second-order valence-corrected chi connectivity index (χ2v) is 5.96. The molecule has 4 heteroatoms. The number of para-hydroxylation sites is 1. The summed E-state index contributed by atoms with van der Waals surface area (Å²) in [6.45, 7) is 0.830. The SMILES string of the molecule is COc1ccccc1CNC(=O)C[n+]1ccc2c(c1)CCCC2. The van der Waals surface area contributed by atoms with Crippen LogP contribution in [0.2, 0.25) is 0 Å². The quantitative estimate of drug-likeness (QED) is 0.860. The molecule has 0 radical (unpaired) electrons. The number of aryl methyl sites for hydroxylation is 2. The van der Waals surface area contributed by atoms with Gasteiger partial charge in [0.05, 0.1) is 7.11 Å². The van der Waals surface area contributed by atoms with Crippen LogP contribution in [-0.2, 0) is 30.7 Å². The van der Waals surface area contributed by atoms with E-state index in [1.165, 1.54) is 24.0 Å².